The second-order valence-electron chi connectivity index (χ2n) is 2.72. The molecule has 1 heteroatoms. The summed E-state index contributed by atoms with van der Waals surface area (Å²) in [7, 11) is 0. The fraction of sp³-hybridized carbons (Fsp3) is 1.00. The van der Waals surface area contributed by atoms with E-state index >= 15 is 0 Å². The summed E-state index contributed by atoms with van der Waals surface area (Å²) in [4.78, 5) is 0. The molecule has 36 valence electrons. The minimum absolute atomic E-state index is 0.564. The fourth-order valence-corrected chi connectivity index (χ4v) is 0. The van der Waals surface area contributed by atoms with Gasteiger partial charge in [0.15, 0.2) is 0 Å². The Labute approximate surface area is 53.8 Å². The van der Waals surface area contributed by atoms with Crippen LogP contribution in [0.1, 0.15) is 20.8 Å². The third kappa shape index (κ3) is 4.82. The third-order valence-corrected chi connectivity index (χ3v) is 3.18. The summed E-state index contributed by atoms with van der Waals surface area (Å²) in [5.74, 6) is 0. The summed E-state index contributed by atoms with van der Waals surface area (Å²) in [6.45, 7) is 6.77. The SMILES string of the molecule is CC(C)(C)[CH2][Sb]. The molecule has 0 aliphatic carbocycles. The van der Waals surface area contributed by atoms with Crippen molar-refractivity contribution in [1.82, 2.24) is 0 Å². The first kappa shape index (κ1) is 6.82. The van der Waals surface area contributed by atoms with Crippen molar-refractivity contribution in [1.29, 1.82) is 0 Å². The van der Waals surface area contributed by atoms with E-state index in [1.807, 2.05) is 23.0 Å². The van der Waals surface area contributed by atoms with Crippen LogP contribution in [0.3, 0.4) is 0 Å². The van der Waals surface area contributed by atoms with Crippen molar-refractivity contribution in [2.45, 2.75) is 25.1 Å². The van der Waals surface area contributed by atoms with Gasteiger partial charge in [0.2, 0.25) is 0 Å². The van der Waals surface area contributed by atoms with Gasteiger partial charge in [0.05, 0.1) is 0 Å². The van der Waals surface area contributed by atoms with Crippen molar-refractivity contribution in [2.24, 2.45) is 5.41 Å². The predicted octanol–water partition coefficient (Wildman–Crippen LogP) is 1.62. The number of hydrogen-bond donors (Lipinski definition) is 0. The molecule has 0 aromatic rings. The molecule has 0 atom stereocenters. The van der Waals surface area contributed by atoms with E-state index in [1.54, 1.807) is 0 Å². The molecule has 0 bridgehead atoms. The third-order valence-electron chi connectivity index (χ3n) is 0.474. The van der Waals surface area contributed by atoms with E-state index in [1.165, 1.54) is 4.37 Å². The standard InChI is InChI=1S/C5H11.Sb/c1-5(2,3)4;/h1H2,2-4H3;. The van der Waals surface area contributed by atoms with Crippen molar-refractivity contribution >= 4 is 23.0 Å². The average Bonchev–Trinajstić information content (AvgIpc) is 1.35. The summed E-state index contributed by atoms with van der Waals surface area (Å²) in [5.41, 5.74) is 0.564. The van der Waals surface area contributed by atoms with Gasteiger partial charge in [-0.2, -0.15) is 0 Å². The minimum atomic E-state index is 0.564. The van der Waals surface area contributed by atoms with E-state index in [-0.39, 0.29) is 0 Å². The van der Waals surface area contributed by atoms with Gasteiger partial charge in [-0.15, -0.1) is 0 Å². The van der Waals surface area contributed by atoms with Crippen LogP contribution in [0.2, 0.25) is 4.37 Å². The predicted molar refractivity (Wildman–Crippen MR) is 30.0 cm³/mol. The van der Waals surface area contributed by atoms with Gasteiger partial charge in [-0.3, -0.25) is 0 Å². The maximum atomic E-state index is 2.26. The summed E-state index contributed by atoms with van der Waals surface area (Å²) in [6.07, 6.45) is 0. The molecule has 0 rings (SSSR count). The first-order valence-corrected chi connectivity index (χ1v) is 3.97. The van der Waals surface area contributed by atoms with Crippen LogP contribution in [0.15, 0.2) is 0 Å². The van der Waals surface area contributed by atoms with Crippen LogP contribution in [0, 0.1) is 5.41 Å². The number of rotatable bonds is 0. The fourth-order valence-electron chi connectivity index (χ4n) is 0. The zero-order valence-corrected chi connectivity index (χ0v) is 7.21. The topological polar surface area (TPSA) is 0 Å². The molecule has 0 spiro atoms. The second kappa shape index (κ2) is 2.21. The first-order valence-electron chi connectivity index (χ1n) is 2.17. The van der Waals surface area contributed by atoms with E-state index in [0.29, 0.717) is 5.41 Å². The molecule has 0 aliphatic heterocycles. The molecule has 0 saturated carbocycles. The second-order valence-corrected chi connectivity index (χ2v) is 3.62. The van der Waals surface area contributed by atoms with Crippen LogP contribution in [0.4, 0.5) is 0 Å². The molecule has 0 nitrogen and oxygen atoms in total. The van der Waals surface area contributed by atoms with E-state index in [0.717, 1.165) is 0 Å². The van der Waals surface area contributed by atoms with Crippen LogP contribution >= 0.6 is 0 Å². The summed E-state index contributed by atoms with van der Waals surface area (Å²) >= 11 is 1.90. The summed E-state index contributed by atoms with van der Waals surface area (Å²) in [6, 6.07) is 0. The summed E-state index contributed by atoms with van der Waals surface area (Å²) < 4.78 is 1.32. The molecule has 2 radical (unpaired) electrons. The molecule has 0 aromatic carbocycles. The van der Waals surface area contributed by atoms with Crippen LogP contribution in [0.25, 0.3) is 0 Å². The van der Waals surface area contributed by atoms with Crippen LogP contribution in [-0.4, -0.2) is 23.0 Å². The van der Waals surface area contributed by atoms with Gasteiger partial charge in [-0.25, -0.2) is 0 Å². The van der Waals surface area contributed by atoms with Crippen molar-refractivity contribution in [3.8, 4) is 0 Å². The van der Waals surface area contributed by atoms with Crippen molar-refractivity contribution in [3.05, 3.63) is 0 Å². The normalized spacial score (nSPS) is 12.0. The molecule has 0 aromatic heterocycles. The van der Waals surface area contributed by atoms with Crippen LogP contribution < -0.4 is 0 Å². The van der Waals surface area contributed by atoms with Crippen molar-refractivity contribution < 1.29 is 0 Å². The van der Waals surface area contributed by atoms with Crippen LogP contribution in [-0.2, 0) is 0 Å². The monoisotopic (exact) mass is 192 g/mol. The zero-order chi connectivity index (χ0) is 5.21. The molecule has 0 saturated heterocycles. The first-order chi connectivity index (χ1) is 2.56. The Bertz CT molecular complexity index is 33.7. The van der Waals surface area contributed by atoms with Gasteiger partial charge in [-0.1, -0.05) is 0 Å². The molecule has 0 amide bonds. The molecule has 0 heterocycles. The molecular formula is C5H11Sb. The molecule has 6 heavy (non-hydrogen) atoms. The van der Waals surface area contributed by atoms with Crippen LogP contribution in [0.5, 0.6) is 0 Å². The Morgan fingerprint density at radius 2 is 1.50 bits per heavy atom. The molecule has 0 N–H and O–H groups in total. The Morgan fingerprint density at radius 1 is 1.33 bits per heavy atom. The van der Waals surface area contributed by atoms with Gasteiger partial charge < -0.3 is 0 Å². The zero-order valence-electron chi connectivity index (χ0n) is 4.65. The Morgan fingerprint density at radius 3 is 1.50 bits per heavy atom. The Balaban J connectivity index is 3.17. The van der Waals surface area contributed by atoms with Crippen molar-refractivity contribution in [3.63, 3.8) is 0 Å². The Hall–Kier alpha value is 0.818. The van der Waals surface area contributed by atoms with E-state index in [4.69, 9.17) is 0 Å². The van der Waals surface area contributed by atoms with Gasteiger partial charge in [0, 0.05) is 0 Å². The number of hydrogen-bond acceptors (Lipinski definition) is 0. The summed E-state index contributed by atoms with van der Waals surface area (Å²) in [5, 5.41) is 0. The average molecular weight is 193 g/mol. The van der Waals surface area contributed by atoms with Gasteiger partial charge in [0.1, 0.15) is 0 Å². The molecular weight excluding hydrogens is 182 g/mol. The maximum absolute atomic E-state index is 2.26. The van der Waals surface area contributed by atoms with E-state index in [2.05, 4.69) is 20.8 Å². The Kier molecular flexibility index (Phi) is 2.51. The van der Waals surface area contributed by atoms with Gasteiger partial charge in [-0.05, 0) is 0 Å². The quantitative estimate of drug-likeness (QED) is 0.512. The molecule has 0 unspecified atom stereocenters. The van der Waals surface area contributed by atoms with E-state index in [9.17, 15) is 0 Å². The molecule has 0 aliphatic rings. The van der Waals surface area contributed by atoms with Crippen molar-refractivity contribution in [2.75, 3.05) is 0 Å². The van der Waals surface area contributed by atoms with Gasteiger partial charge in [0.25, 0.3) is 0 Å². The van der Waals surface area contributed by atoms with Gasteiger partial charge >= 0.3 is 53.6 Å². The molecule has 0 fully saturated rings. The van der Waals surface area contributed by atoms with E-state index < -0.39 is 0 Å².